The highest BCUT2D eigenvalue weighted by Crippen LogP contribution is 2.20. The van der Waals surface area contributed by atoms with Crippen LogP contribution in [0, 0.1) is 0 Å². The van der Waals surface area contributed by atoms with E-state index in [0.29, 0.717) is 31.2 Å². The number of anilines is 2. The number of hydrogen-bond acceptors (Lipinski definition) is 5. The van der Waals surface area contributed by atoms with Crippen molar-refractivity contribution < 1.29 is 13.2 Å². The highest BCUT2D eigenvalue weighted by Gasteiger charge is 2.29. The summed E-state index contributed by atoms with van der Waals surface area (Å²) in [6, 6.07) is 14.0. The first-order valence-electron chi connectivity index (χ1n) is 10.5. The van der Waals surface area contributed by atoms with Gasteiger partial charge in [-0.05, 0) is 62.4 Å². The summed E-state index contributed by atoms with van der Waals surface area (Å²) in [4.78, 5) is 16.9. The van der Waals surface area contributed by atoms with Gasteiger partial charge in [-0.15, -0.1) is 0 Å². The van der Waals surface area contributed by atoms with E-state index in [0.717, 1.165) is 24.5 Å². The van der Waals surface area contributed by atoms with E-state index < -0.39 is 10.0 Å². The number of benzene rings is 2. The number of piperazine rings is 1. The fraction of sp³-hybridized carbons (Fsp3) is 0.409. The van der Waals surface area contributed by atoms with Crippen LogP contribution in [0.3, 0.4) is 0 Å². The van der Waals surface area contributed by atoms with E-state index in [9.17, 15) is 13.2 Å². The maximum Gasteiger partial charge on any atom is 0.243 e. The number of amides is 1. The predicted octanol–water partition coefficient (Wildman–Crippen LogP) is 3.13. The highest BCUT2D eigenvalue weighted by molar-refractivity contribution is 7.89. The molecular weight excluding hydrogens is 436 g/mol. The van der Waals surface area contributed by atoms with E-state index in [1.165, 1.54) is 16.4 Å². The molecule has 1 saturated heterocycles. The van der Waals surface area contributed by atoms with Crippen molar-refractivity contribution in [3.05, 3.63) is 53.6 Å². The molecule has 0 bridgehead atoms. The topological polar surface area (TPSA) is 73.0 Å². The summed E-state index contributed by atoms with van der Waals surface area (Å²) in [6.45, 7) is 8.01. The van der Waals surface area contributed by atoms with Gasteiger partial charge in [0.1, 0.15) is 0 Å². The van der Waals surface area contributed by atoms with Crippen LogP contribution in [-0.2, 0) is 14.8 Å². The normalized spacial score (nSPS) is 15.6. The van der Waals surface area contributed by atoms with Crippen molar-refractivity contribution >= 4 is 38.9 Å². The molecule has 168 valence electrons. The Hall–Kier alpha value is -2.13. The summed E-state index contributed by atoms with van der Waals surface area (Å²) in [6.07, 6.45) is 0. The summed E-state index contributed by atoms with van der Waals surface area (Å²) in [5, 5.41) is 3.42. The van der Waals surface area contributed by atoms with Gasteiger partial charge in [0.2, 0.25) is 15.9 Å². The Bertz CT molecular complexity index is 969. The molecule has 9 heteroatoms. The molecule has 0 unspecified atom stereocenters. The molecule has 0 aromatic heterocycles. The maximum absolute atomic E-state index is 12.8. The molecule has 0 aliphatic carbocycles. The summed E-state index contributed by atoms with van der Waals surface area (Å²) < 4.78 is 27.0. The van der Waals surface area contributed by atoms with E-state index in [4.69, 9.17) is 11.6 Å². The molecule has 0 spiro atoms. The van der Waals surface area contributed by atoms with Crippen LogP contribution >= 0.6 is 11.6 Å². The molecule has 1 heterocycles. The van der Waals surface area contributed by atoms with Gasteiger partial charge in [0.05, 0.1) is 11.4 Å². The zero-order valence-electron chi connectivity index (χ0n) is 17.9. The van der Waals surface area contributed by atoms with Gasteiger partial charge in [-0.25, -0.2) is 8.42 Å². The SMILES string of the molecule is CCN(CC)c1ccc(NC(=O)CN2CCN(S(=O)(=O)c3ccc(Cl)cc3)CC2)cc1. The fourth-order valence-corrected chi connectivity index (χ4v) is 5.18. The van der Waals surface area contributed by atoms with E-state index in [1.54, 1.807) is 12.1 Å². The second-order valence-electron chi connectivity index (χ2n) is 7.40. The molecule has 2 aromatic rings. The molecule has 0 radical (unpaired) electrons. The number of nitrogens with zero attached hydrogens (tertiary/aromatic N) is 3. The lowest BCUT2D eigenvalue weighted by Crippen LogP contribution is -2.50. The van der Waals surface area contributed by atoms with E-state index >= 15 is 0 Å². The van der Waals surface area contributed by atoms with E-state index in [-0.39, 0.29) is 17.3 Å². The lowest BCUT2D eigenvalue weighted by Gasteiger charge is -2.33. The number of carbonyl (C=O) groups excluding carboxylic acids is 1. The minimum absolute atomic E-state index is 0.107. The molecule has 1 aliphatic rings. The second-order valence-corrected chi connectivity index (χ2v) is 9.78. The quantitative estimate of drug-likeness (QED) is 0.649. The first-order valence-corrected chi connectivity index (χ1v) is 12.3. The standard InChI is InChI=1S/C22H29ClN4O3S/c1-3-26(4-2)20-9-7-19(8-10-20)24-22(28)17-25-13-15-27(16-14-25)31(29,30)21-11-5-18(23)6-12-21/h5-12H,3-4,13-17H2,1-2H3,(H,24,28). The Kier molecular flexibility index (Phi) is 7.94. The van der Waals surface area contributed by atoms with Crippen LogP contribution < -0.4 is 10.2 Å². The van der Waals surface area contributed by atoms with Crippen molar-refractivity contribution in [2.75, 3.05) is 56.0 Å². The van der Waals surface area contributed by atoms with Gasteiger partial charge in [-0.1, -0.05) is 11.6 Å². The Labute approximate surface area is 189 Å². The van der Waals surface area contributed by atoms with Gasteiger partial charge >= 0.3 is 0 Å². The van der Waals surface area contributed by atoms with Gasteiger partial charge in [-0.3, -0.25) is 9.69 Å². The number of carbonyl (C=O) groups is 1. The Balaban J connectivity index is 1.50. The largest absolute Gasteiger partial charge is 0.372 e. The summed E-state index contributed by atoms with van der Waals surface area (Å²) in [7, 11) is -3.55. The van der Waals surface area contributed by atoms with Gasteiger partial charge < -0.3 is 10.2 Å². The van der Waals surface area contributed by atoms with Crippen LogP contribution in [0.4, 0.5) is 11.4 Å². The third-order valence-corrected chi connectivity index (χ3v) is 7.59. The van der Waals surface area contributed by atoms with Gasteiger partial charge in [0, 0.05) is 55.7 Å². The minimum atomic E-state index is -3.55. The number of hydrogen-bond donors (Lipinski definition) is 1. The molecule has 1 amide bonds. The predicted molar refractivity (Wildman–Crippen MR) is 125 cm³/mol. The van der Waals surface area contributed by atoms with Crippen molar-refractivity contribution in [3.8, 4) is 0 Å². The Morgan fingerprint density at radius 1 is 0.968 bits per heavy atom. The Morgan fingerprint density at radius 2 is 1.55 bits per heavy atom. The van der Waals surface area contributed by atoms with Crippen molar-refractivity contribution in [1.82, 2.24) is 9.21 Å². The minimum Gasteiger partial charge on any atom is -0.372 e. The summed E-state index contributed by atoms with van der Waals surface area (Å²) >= 11 is 5.85. The lowest BCUT2D eigenvalue weighted by molar-refractivity contribution is -0.117. The summed E-state index contributed by atoms with van der Waals surface area (Å²) in [5.41, 5.74) is 1.88. The number of halogens is 1. The third-order valence-electron chi connectivity index (χ3n) is 5.43. The van der Waals surface area contributed by atoms with Crippen molar-refractivity contribution in [3.63, 3.8) is 0 Å². The molecular formula is C22H29ClN4O3S. The third kappa shape index (κ3) is 5.98. The monoisotopic (exact) mass is 464 g/mol. The first kappa shape index (κ1) is 23.5. The van der Waals surface area contributed by atoms with Crippen molar-refractivity contribution in [1.29, 1.82) is 0 Å². The van der Waals surface area contributed by atoms with Gasteiger partial charge in [0.25, 0.3) is 0 Å². The lowest BCUT2D eigenvalue weighted by atomic mass is 10.2. The Morgan fingerprint density at radius 3 is 2.10 bits per heavy atom. The zero-order valence-corrected chi connectivity index (χ0v) is 19.5. The highest BCUT2D eigenvalue weighted by atomic mass is 35.5. The van der Waals surface area contributed by atoms with Crippen LogP contribution in [-0.4, -0.2) is 69.3 Å². The van der Waals surface area contributed by atoms with Crippen LogP contribution in [0.15, 0.2) is 53.4 Å². The van der Waals surface area contributed by atoms with Crippen LogP contribution in [0.25, 0.3) is 0 Å². The second kappa shape index (κ2) is 10.5. The average molecular weight is 465 g/mol. The number of sulfonamides is 1. The molecule has 1 aliphatic heterocycles. The molecule has 1 N–H and O–H groups in total. The van der Waals surface area contributed by atoms with E-state index in [1.807, 2.05) is 29.2 Å². The number of nitrogens with one attached hydrogen (secondary N) is 1. The zero-order chi connectivity index (χ0) is 22.4. The number of rotatable bonds is 8. The van der Waals surface area contributed by atoms with Gasteiger partial charge in [0.15, 0.2) is 0 Å². The molecule has 0 saturated carbocycles. The fourth-order valence-electron chi connectivity index (χ4n) is 3.63. The van der Waals surface area contributed by atoms with Gasteiger partial charge in [-0.2, -0.15) is 4.31 Å². The molecule has 31 heavy (non-hydrogen) atoms. The van der Waals surface area contributed by atoms with Crippen molar-refractivity contribution in [2.45, 2.75) is 18.7 Å². The molecule has 1 fully saturated rings. The first-order chi connectivity index (χ1) is 14.8. The maximum atomic E-state index is 12.8. The van der Waals surface area contributed by atoms with Crippen molar-refractivity contribution in [2.24, 2.45) is 0 Å². The molecule has 0 atom stereocenters. The molecule has 3 rings (SSSR count). The molecule has 7 nitrogen and oxygen atoms in total. The van der Waals surface area contributed by atoms with Crippen LogP contribution in [0.1, 0.15) is 13.8 Å². The molecule has 2 aromatic carbocycles. The summed E-state index contributed by atoms with van der Waals surface area (Å²) in [5.74, 6) is -0.107. The average Bonchev–Trinajstić information content (AvgIpc) is 2.76. The van der Waals surface area contributed by atoms with Crippen LogP contribution in [0.5, 0.6) is 0 Å². The van der Waals surface area contributed by atoms with Crippen LogP contribution in [0.2, 0.25) is 5.02 Å². The smallest absolute Gasteiger partial charge is 0.243 e. The van der Waals surface area contributed by atoms with E-state index in [2.05, 4.69) is 24.1 Å².